The molecule has 1 N–H and O–H groups in total. The maximum atomic E-state index is 14.0. The summed E-state index contributed by atoms with van der Waals surface area (Å²) in [5, 5.41) is 2.58. The summed E-state index contributed by atoms with van der Waals surface area (Å²) in [4.78, 5) is 28.1. The Balaban J connectivity index is 1.70. The van der Waals surface area contributed by atoms with Gasteiger partial charge in [-0.3, -0.25) is 13.9 Å². The Morgan fingerprint density at radius 3 is 2.09 bits per heavy atom. The van der Waals surface area contributed by atoms with Crippen molar-refractivity contribution >= 4 is 27.5 Å². The Bertz CT molecular complexity index is 1640. The van der Waals surface area contributed by atoms with Gasteiger partial charge >= 0.3 is 0 Å². The number of methoxy groups -OCH3 is 1. The first-order valence-corrected chi connectivity index (χ1v) is 15.1. The molecule has 0 saturated heterocycles. The molecule has 0 aromatic heterocycles. The van der Waals surface area contributed by atoms with Gasteiger partial charge in [0.15, 0.2) is 0 Å². The average Bonchev–Trinajstić information content (AvgIpc) is 3.03. The highest BCUT2D eigenvalue weighted by Crippen LogP contribution is 2.29. The summed E-state index contributed by atoms with van der Waals surface area (Å²) in [6, 6.07) is 28.3. The Morgan fingerprint density at radius 1 is 0.837 bits per heavy atom. The van der Waals surface area contributed by atoms with Crippen LogP contribution in [0.3, 0.4) is 0 Å². The van der Waals surface area contributed by atoms with Crippen LogP contribution >= 0.6 is 0 Å². The van der Waals surface area contributed by atoms with E-state index in [9.17, 15) is 18.0 Å². The molecule has 0 fully saturated rings. The first-order valence-electron chi connectivity index (χ1n) is 13.7. The molecule has 1 atom stereocenters. The molecule has 9 nitrogen and oxygen atoms in total. The van der Waals surface area contributed by atoms with Gasteiger partial charge in [0, 0.05) is 13.6 Å². The Hall–Kier alpha value is -4.83. The zero-order chi connectivity index (χ0) is 31.0. The zero-order valence-electron chi connectivity index (χ0n) is 24.6. The number of nitrogens with zero attached hydrogens (tertiary/aromatic N) is 2. The number of hydrogen-bond donors (Lipinski definition) is 1. The van der Waals surface area contributed by atoms with Crippen molar-refractivity contribution < 1.29 is 27.5 Å². The van der Waals surface area contributed by atoms with Crippen molar-refractivity contribution in [2.24, 2.45) is 0 Å². The molecular formula is C33H35N3O6S. The van der Waals surface area contributed by atoms with Crippen molar-refractivity contribution in [3.05, 3.63) is 114 Å². The summed E-state index contributed by atoms with van der Waals surface area (Å²) in [5.41, 5.74) is 1.88. The van der Waals surface area contributed by atoms with Crippen molar-refractivity contribution in [3.63, 3.8) is 0 Å². The first kappa shape index (κ1) is 31.1. The number of hydrogen-bond acceptors (Lipinski definition) is 6. The van der Waals surface area contributed by atoms with Crippen molar-refractivity contribution in [1.29, 1.82) is 0 Å². The van der Waals surface area contributed by atoms with Crippen LogP contribution in [-0.4, -0.2) is 51.9 Å². The van der Waals surface area contributed by atoms with E-state index in [0.29, 0.717) is 17.2 Å². The second kappa shape index (κ2) is 13.9. The number of benzene rings is 4. The Labute approximate surface area is 252 Å². The monoisotopic (exact) mass is 601 g/mol. The molecule has 43 heavy (non-hydrogen) atoms. The van der Waals surface area contributed by atoms with Crippen LogP contribution < -0.4 is 19.1 Å². The van der Waals surface area contributed by atoms with E-state index in [4.69, 9.17) is 9.47 Å². The molecule has 0 heterocycles. The molecular weight excluding hydrogens is 566 g/mol. The molecule has 0 aliphatic heterocycles. The molecule has 4 aromatic rings. The van der Waals surface area contributed by atoms with E-state index in [1.54, 1.807) is 68.6 Å². The largest absolute Gasteiger partial charge is 0.497 e. The maximum absolute atomic E-state index is 14.0. The minimum atomic E-state index is -4.18. The zero-order valence-corrected chi connectivity index (χ0v) is 25.4. The minimum absolute atomic E-state index is 0.0363. The molecule has 0 unspecified atom stereocenters. The SMILES string of the molecule is CNC(=O)[C@@H](C)N(Cc1cccc(OC)c1)C(=O)CN(c1ccc(Oc2ccccc2)cc1)S(=O)(=O)c1ccc(C)cc1. The van der Waals surface area contributed by atoms with E-state index in [-0.39, 0.29) is 23.0 Å². The van der Waals surface area contributed by atoms with E-state index in [1.807, 2.05) is 43.3 Å². The third kappa shape index (κ3) is 7.72. The second-order valence-corrected chi connectivity index (χ2v) is 11.8. The van der Waals surface area contributed by atoms with E-state index >= 15 is 0 Å². The van der Waals surface area contributed by atoms with Crippen molar-refractivity contribution in [1.82, 2.24) is 10.2 Å². The smallest absolute Gasteiger partial charge is 0.264 e. The number of carbonyl (C=O) groups excluding carboxylic acids is 2. The standard InChI is InChI=1S/C33H35N3O6S/c1-24-13-19-31(20-14-24)43(39,40)36(27-15-17-29(18-16-27)42-28-10-6-5-7-11-28)23-32(37)35(25(2)33(38)34-3)22-26-9-8-12-30(21-26)41-4/h5-21,25H,22-23H2,1-4H3,(H,34,38)/t25-/m1/s1. The molecule has 224 valence electrons. The Kier molecular flexibility index (Phi) is 10.0. The van der Waals surface area contributed by atoms with Gasteiger partial charge in [0.2, 0.25) is 11.8 Å². The van der Waals surface area contributed by atoms with E-state index in [1.165, 1.54) is 24.1 Å². The normalized spacial score (nSPS) is 11.7. The molecule has 4 rings (SSSR count). The van der Waals surface area contributed by atoms with E-state index < -0.39 is 28.5 Å². The summed E-state index contributed by atoms with van der Waals surface area (Å²) >= 11 is 0. The van der Waals surface area contributed by atoms with Gasteiger partial charge in [-0.2, -0.15) is 0 Å². The van der Waals surface area contributed by atoms with Crippen LogP contribution in [0.15, 0.2) is 108 Å². The highest BCUT2D eigenvalue weighted by molar-refractivity contribution is 7.92. The number of anilines is 1. The van der Waals surface area contributed by atoms with Gasteiger partial charge in [0.25, 0.3) is 10.0 Å². The van der Waals surface area contributed by atoms with Gasteiger partial charge in [-0.1, -0.05) is 48.0 Å². The average molecular weight is 602 g/mol. The highest BCUT2D eigenvalue weighted by atomic mass is 32.2. The number of aryl methyl sites for hydroxylation is 1. The van der Waals surface area contributed by atoms with E-state index in [2.05, 4.69) is 5.32 Å². The van der Waals surface area contributed by atoms with Gasteiger partial charge in [-0.25, -0.2) is 8.42 Å². The number of amides is 2. The van der Waals surface area contributed by atoms with Gasteiger partial charge in [-0.15, -0.1) is 0 Å². The summed E-state index contributed by atoms with van der Waals surface area (Å²) < 4.78 is 40.3. The maximum Gasteiger partial charge on any atom is 0.264 e. The molecule has 2 amide bonds. The lowest BCUT2D eigenvalue weighted by molar-refractivity contribution is -0.139. The fraction of sp³-hybridized carbons (Fsp3) is 0.212. The first-order chi connectivity index (χ1) is 20.6. The third-order valence-corrected chi connectivity index (χ3v) is 8.68. The second-order valence-electron chi connectivity index (χ2n) is 9.90. The molecule has 0 aliphatic rings. The molecule has 4 aromatic carbocycles. The van der Waals surface area contributed by atoms with Gasteiger partial charge in [-0.05, 0) is 80.1 Å². The number of sulfonamides is 1. The molecule has 0 saturated carbocycles. The van der Waals surface area contributed by atoms with E-state index in [0.717, 1.165) is 15.4 Å². The van der Waals surface area contributed by atoms with Crippen LogP contribution in [0.1, 0.15) is 18.1 Å². The number of nitrogens with one attached hydrogen (secondary N) is 1. The summed E-state index contributed by atoms with van der Waals surface area (Å²) in [6.45, 7) is 2.98. The molecule has 0 spiro atoms. The van der Waals surface area contributed by atoms with Crippen LogP contribution in [-0.2, 0) is 26.2 Å². The van der Waals surface area contributed by atoms with Crippen LogP contribution in [0.25, 0.3) is 0 Å². The van der Waals surface area contributed by atoms with Crippen molar-refractivity contribution in [3.8, 4) is 17.2 Å². The molecule has 0 bridgehead atoms. The number of ether oxygens (including phenoxy) is 2. The number of carbonyl (C=O) groups is 2. The fourth-order valence-electron chi connectivity index (χ4n) is 4.43. The van der Waals surface area contributed by atoms with Crippen LogP contribution in [0.5, 0.6) is 17.2 Å². The van der Waals surface area contributed by atoms with Gasteiger partial charge in [0.05, 0.1) is 17.7 Å². The molecule has 0 aliphatic carbocycles. The minimum Gasteiger partial charge on any atom is -0.497 e. The van der Waals surface area contributed by atoms with Gasteiger partial charge < -0.3 is 19.7 Å². The summed E-state index contributed by atoms with van der Waals surface area (Å²) in [7, 11) is -1.15. The van der Waals surface area contributed by atoms with Gasteiger partial charge in [0.1, 0.15) is 29.8 Å². The lowest BCUT2D eigenvalue weighted by Gasteiger charge is -2.32. The van der Waals surface area contributed by atoms with Crippen LogP contribution in [0.2, 0.25) is 0 Å². The summed E-state index contributed by atoms with van der Waals surface area (Å²) in [6.07, 6.45) is 0. The quantitative estimate of drug-likeness (QED) is 0.241. The third-order valence-electron chi connectivity index (χ3n) is 6.89. The topological polar surface area (TPSA) is 105 Å². The number of likely N-dealkylation sites (N-methyl/N-ethyl adjacent to an activating group) is 1. The van der Waals surface area contributed by atoms with Crippen molar-refractivity contribution in [2.75, 3.05) is 25.0 Å². The predicted octanol–water partition coefficient (Wildman–Crippen LogP) is 5.15. The van der Waals surface area contributed by atoms with Crippen LogP contribution in [0.4, 0.5) is 5.69 Å². The van der Waals surface area contributed by atoms with Crippen molar-refractivity contribution in [2.45, 2.75) is 31.3 Å². The Morgan fingerprint density at radius 2 is 1.47 bits per heavy atom. The summed E-state index contributed by atoms with van der Waals surface area (Å²) in [5.74, 6) is 0.789. The number of rotatable bonds is 12. The number of para-hydroxylation sites is 1. The fourth-order valence-corrected chi connectivity index (χ4v) is 5.84. The predicted molar refractivity (Wildman–Crippen MR) is 166 cm³/mol. The molecule has 0 radical (unpaired) electrons. The van der Waals surface area contributed by atoms with Crippen LogP contribution in [0, 0.1) is 6.92 Å². The highest BCUT2D eigenvalue weighted by Gasteiger charge is 2.32. The lowest BCUT2D eigenvalue weighted by Crippen LogP contribution is -2.50. The lowest BCUT2D eigenvalue weighted by atomic mass is 10.1. The molecule has 10 heteroatoms.